The van der Waals surface area contributed by atoms with E-state index in [1.807, 2.05) is 18.2 Å². The molecule has 11 heteroatoms. The van der Waals surface area contributed by atoms with Gasteiger partial charge in [-0.2, -0.15) is 0 Å². The molecular weight excluding hydrogens is 897 g/mol. The highest BCUT2D eigenvalue weighted by molar-refractivity contribution is 6.75. The van der Waals surface area contributed by atoms with E-state index in [2.05, 4.69) is 202 Å². The summed E-state index contributed by atoms with van der Waals surface area (Å²) >= 11 is 0. The standard InChI is InChI=1S/C56H110O7Si4/c1-28-29-32-43(4)51(59)46(7)48(61-65(22,23)54(11,12)13)38-35-41(2)39-45(6)52(63-67(26,27)56(17,18)19)44(5)36-37-47(60-64(20,21)53(8,9)10)40-49(62-66(24,25)55(14,15)16)42(3)33-30-31-34-50(57)58/h28-34,36-37,41-49,51-52,59H,1,35,38-40H2,2-27H3,(H,57,58)/b32-29-,33-30+,34-31-,37-36-/t41-,42+,43-,44+,45-,46-,47+,48+,49-,51-,52+/m0/s1. The topological polar surface area (TPSA) is 94.5 Å². The quantitative estimate of drug-likeness (QED) is 0.0349. The van der Waals surface area contributed by atoms with Crippen LogP contribution in [0.15, 0.2) is 61.3 Å². The van der Waals surface area contributed by atoms with Crippen molar-refractivity contribution in [2.45, 2.75) is 253 Å². The van der Waals surface area contributed by atoms with Crippen molar-refractivity contribution in [2.75, 3.05) is 0 Å². The predicted molar refractivity (Wildman–Crippen MR) is 302 cm³/mol. The molecule has 0 saturated carbocycles. The van der Waals surface area contributed by atoms with E-state index in [9.17, 15) is 15.0 Å². The van der Waals surface area contributed by atoms with Crippen LogP contribution in [0.3, 0.4) is 0 Å². The number of aliphatic carboxylic acids is 1. The van der Waals surface area contributed by atoms with Crippen molar-refractivity contribution in [1.29, 1.82) is 0 Å². The molecule has 0 amide bonds. The largest absolute Gasteiger partial charge is 0.478 e. The van der Waals surface area contributed by atoms with Gasteiger partial charge in [-0.05, 0) is 115 Å². The van der Waals surface area contributed by atoms with E-state index >= 15 is 0 Å². The third-order valence-corrected chi connectivity index (χ3v) is 34.4. The second kappa shape index (κ2) is 26.5. The maximum absolute atomic E-state index is 11.6. The molecule has 392 valence electrons. The molecule has 0 fully saturated rings. The zero-order valence-electron chi connectivity index (χ0n) is 48.5. The van der Waals surface area contributed by atoms with Gasteiger partial charge in [0.05, 0.1) is 30.5 Å². The molecule has 0 unspecified atom stereocenters. The Morgan fingerprint density at radius 3 is 1.42 bits per heavy atom. The van der Waals surface area contributed by atoms with E-state index in [4.69, 9.17) is 17.7 Å². The van der Waals surface area contributed by atoms with Crippen molar-refractivity contribution in [3.8, 4) is 0 Å². The van der Waals surface area contributed by atoms with E-state index in [0.717, 1.165) is 19.3 Å². The third-order valence-electron chi connectivity index (χ3n) is 16.5. The van der Waals surface area contributed by atoms with Crippen LogP contribution in [0.25, 0.3) is 0 Å². The minimum absolute atomic E-state index is 0.00525. The maximum Gasteiger partial charge on any atom is 0.328 e. The molecular formula is C56H110O7Si4. The first-order chi connectivity index (χ1) is 29.9. The van der Waals surface area contributed by atoms with Gasteiger partial charge in [-0.25, -0.2) is 4.79 Å². The average molecular weight is 1010 g/mol. The lowest BCUT2D eigenvalue weighted by Gasteiger charge is -2.44. The lowest BCUT2D eigenvalue weighted by Crippen LogP contribution is -2.48. The van der Waals surface area contributed by atoms with Crippen LogP contribution in [-0.4, -0.2) is 80.0 Å². The van der Waals surface area contributed by atoms with Gasteiger partial charge in [-0.1, -0.05) is 180 Å². The van der Waals surface area contributed by atoms with Gasteiger partial charge in [-0.15, -0.1) is 0 Å². The molecule has 7 nitrogen and oxygen atoms in total. The van der Waals surface area contributed by atoms with Crippen LogP contribution < -0.4 is 0 Å². The molecule has 0 rings (SSSR count). The molecule has 0 aliphatic rings. The minimum Gasteiger partial charge on any atom is -0.478 e. The van der Waals surface area contributed by atoms with Crippen LogP contribution in [-0.2, 0) is 22.5 Å². The molecule has 11 atom stereocenters. The molecule has 67 heavy (non-hydrogen) atoms. The molecule has 0 aromatic carbocycles. The van der Waals surface area contributed by atoms with Crippen molar-refractivity contribution in [2.24, 2.45) is 35.5 Å². The summed E-state index contributed by atoms with van der Waals surface area (Å²) in [7, 11) is -8.74. The summed E-state index contributed by atoms with van der Waals surface area (Å²) in [6.07, 6.45) is 19.9. The maximum atomic E-state index is 11.6. The number of aliphatic hydroxyl groups excluding tert-OH is 1. The summed E-state index contributed by atoms with van der Waals surface area (Å²) in [6.45, 7) is 63.6. The summed E-state index contributed by atoms with van der Waals surface area (Å²) in [5, 5.41) is 21.0. The monoisotopic (exact) mass is 1010 g/mol. The molecule has 0 saturated heterocycles. The van der Waals surface area contributed by atoms with Crippen LogP contribution in [0.4, 0.5) is 0 Å². The first-order valence-corrected chi connectivity index (χ1v) is 37.5. The summed E-state index contributed by atoms with van der Waals surface area (Å²) in [5.41, 5.74) is 0. The summed E-state index contributed by atoms with van der Waals surface area (Å²) in [6, 6.07) is 0. The first kappa shape index (κ1) is 65.8. The zero-order valence-corrected chi connectivity index (χ0v) is 52.5. The molecule has 0 aliphatic heterocycles. The second-order valence-corrected chi connectivity index (χ2v) is 45.8. The molecule has 2 N–H and O–H groups in total. The van der Waals surface area contributed by atoms with Gasteiger partial charge in [-0.3, -0.25) is 0 Å². The van der Waals surface area contributed by atoms with E-state index in [1.54, 1.807) is 12.2 Å². The third kappa shape index (κ3) is 22.0. The van der Waals surface area contributed by atoms with E-state index in [1.165, 1.54) is 6.08 Å². The number of carbonyl (C=O) groups is 1. The van der Waals surface area contributed by atoms with Gasteiger partial charge in [0, 0.05) is 24.3 Å². The van der Waals surface area contributed by atoms with Crippen LogP contribution in [0, 0.1) is 35.5 Å². The van der Waals surface area contributed by atoms with Crippen LogP contribution in [0.2, 0.25) is 72.5 Å². The Morgan fingerprint density at radius 1 is 0.537 bits per heavy atom. The fourth-order valence-corrected chi connectivity index (χ4v) is 13.1. The Bertz CT molecular complexity index is 1600. The number of rotatable bonds is 28. The highest BCUT2D eigenvalue weighted by Gasteiger charge is 2.45. The number of aliphatic hydroxyl groups is 1. The molecule has 0 aromatic heterocycles. The fourth-order valence-electron chi connectivity index (χ4n) is 7.43. The van der Waals surface area contributed by atoms with Crippen molar-refractivity contribution >= 4 is 39.2 Å². The summed E-state index contributed by atoms with van der Waals surface area (Å²) < 4.78 is 29.2. The molecule has 0 aliphatic carbocycles. The number of hydrogen-bond donors (Lipinski definition) is 2. The summed E-state index contributed by atoms with van der Waals surface area (Å²) in [5.74, 6) is -0.136. The van der Waals surface area contributed by atoms with E-state index < -0.39 is 45.3 Å². The lowest BCUT2D eigenvalue weighted by atomic mass is 9.82. The molecule has 0 radical (unpaired) electrons. The van der Waals surface area contributed by atoms with Crippen molar-refractivity contribution < 1.29 is 32.7 Å². The van der Waals surface area contributed by atoms with Gasteiger partial charge in [0.2, 0.25) is 0 Å². The van der Waals surface area contributed by atoms with Crippen molar-refractivity contribution in [1.82, 2.24) is 0 Å². The lowest BCUT2D eigenvalue weighted by molar-refractivity contribution is -0.131. The van der Waals surface area contributed by atoms with Crippen LogP contribution >= 0.6 is 0 Å². The number of carboxylic acids is 1. The fraction of sp³-hybridized carbons (Fsp3) is 0.804. The second-order valence-electron chi connectivity index (χ2n) is 26.7. The Labute approximate surface area is 420 Å². The number of carboxylic acid groups (broad SMARTS) is 1. The van der Waals surface area contributed by atoms with Gasteiger partial charge < -0.3 is 27.9 Å². The van der Waals surface area contributed by atoms with Crippen molar-refractivity contribution in [3.05, 3.63) is 61.3 Å². The number of allylic oxidation sites excluding steroid dienone is 4. The molecule has 0 heterocycles. The highest BCUT2D eigenvalue weighted by atomic mass is 28.4. The first-order valence-electron chi connectivity index (χ1n) is 25.9. The van der Waals surface area contributed by atoms with Gasteiger partial charge in [0.15, 0.2) is 33.3 Å². The van der Waals surface area contributed by atoms with Gasteiger partial charge in [0.25, 0.3) is 0 Å². The normalized spacial score (nSPS) is 19.6. The van der Waals surface area contributed by atoms with Gasteiger partial charge >= 0.3 is 5.97 Å². The zero-order chi connectivity index (χ0) is 52.9. The minimum atomic E-state index is -2.23. The average Bonchev–Trinajstić information content (AvgIpc) is 3.14. The van der Waals surface area contributed by atoms with Crippen LogP contribution in [0.5, 0.6) is 0 Å². The van der Waals surface area contributed by atoms with Crippen LogP contribution in [0.1, 0.15) is 150 Å². The predicted octanol–water partition coefficient (Wildman–Crippen LogP) is 16.8. The Balaban J connectivity index is 7.20. The van der Waals surface area contributed by atoms with E-state index in [0.29, 0.717) is 12.3 Å². The summed E-state index contributed by atoms with van der Waals surface area (Å²) in [4.78, 5) is 11.3. The number of hydrogen-bond acceptors (Lipinski definition) is 6. The highest BCUT2D eigenvalue weighted by Crippen LogP contribution is 2.44. The molecule has 0 spiro atoms. The Hall–Kier alpha value is -1.16. The molecule has 0 aromatic rings. The SMILES string of the molecule is C=C/C=C\[C@H](C)[C@H](O)[C@@H](C)[C@@H](CC[C@H](C)C[C@H](C)[C@H](O[Si](C)(C)C(C)(C)C)[C@H](C)/C=C\[C@H](C[C@H](O[Si](C)(C)C(C)(C)C)[C@H](C)/C=C/C=C\C(=O)O)O[Si](C)(C)C(C)(C)C)O[Si](C)(C)C(C)(C)C. The smallest absolute Gasteiger partial charge is 0.328 e. The van der Waals surface area contributed by atoms with E-state index in [-0.39, 0.29) is 74.2 Å². The van der Waals surface area contributed by atoms with Crippen molar-refractivity contribution in [3.63, 3.8) is 0 Å². The Morgan fingerprint density at radius 2 is 0.970 bits per heavy atom. The molecule has 0 bridgehead atoms. The Kier molecular flexibility index (Phi) is 26.0. The van der Waals surface area contributed by atoms with Gasteiger partial charge in [0.1, 0.15) is 0 Å².